The SMILES string of the molecule is Cc1nc(C)nc(-c2cccc(-c3nc(-c4ccccc4)nc(-c4cc(-c5ccccc5)cc(-c5nc(-c6ccccc6)nc(-c6ccccc6)n5)c4)n3)c2)n1. The van der Waals surface area contributed by atoms with Gasteiger partial charge in [-0.05, 0) is 49.2 Å². The highest BCUT2D eigenvalue weighted by atomic mass is 15.1. The van der Waals surface area contributed by atoms with Crippen LogP contribution in [0.15, 0.2) is 164 Å². The lowest BCUT2D eigenvalue weighted by Crippen LogP contribution is -2.02. The molecule has 266 valence electrons. The molecule has 0 fully saturated rings. The molecule has 0 aliphatic rings. The van der Waals surface area contributed by atoms with Gasteiger partial charge >= 0.3 is 0 Å². The van der Waals surface area contributed by atoms with Crippen LogP contribution in [0.3, 0.4) is 0 Å². The Hall–Kier alpha value is -7.65. The number of rotatable bonds is 8. The van der Waals surface area contributed by atoms with Crippen molar-refractivity contribution in [3.63, 3.8) is 0 Å². The molecule has 6 aromatic carbocycles. The number of aryl methyl sites for hydroxylation is 2. The van der Waals surface area contributed by atoms with Crippen molar-refractivity contribution in [3.05, 3.63) is 175 Å². The van der Waals surface area contributed by atoms with Crippen LogP contribution in [0.4, 0.5) is 0 Å². The van der Waals surface area contributed by atoms with E-state index in [-0.39, 0.29) is 0 Å². The Kier molecular flexibility index (Phi) is 9.14. The van der Waals surface area contributed by atoms with Crippen LogP contribution >= 0.6 is 0 Å². The number of nitrogens with zero attached hydrogens (tertiary/aromatic N) is 9. The summed E-state index contributed by atoms with van der Waals surface area (Å²) in [6.07, 6.45) is 0. The zero-order chi connectivity index (χ0) is 37.8. The summed E-state index contributed by atoms with van der Waals surface area (Å²) in [5, 5.41) is 0. The van der Waals surface area contributed by atoms with Crippen molar-refractivity contribution in [2.24, 2.45) is 0 Å². The van der Waals surface area contributed by atoms with Crippen LogP contribution in [-0.4, -0.2) is 44.9 Å². The van der Waals surface area contributed by atoms with Gasteiger partial charge in [0.15, 0.2) is 40.8 Å². The number of benzene rings is 6. The first-order chi connectivity index (χ1) is 27.5. The maximum atomic E-state index is 5.14. The van der Waals surface area contributed by atoms with E-state index in [4.69, 9.17) is 29.9 Å². The number of hydrogen-bond acceptors (Lipinski definition) is 9. The van der Waals surface area contributed by atoms with Crippen molar-refractivity contribution in [3.8, 4) is 90.8 Å². The van der Waals surface area contributed by atoms with Crippen LogP contribution in [-0.2, 0) is 0 Å². The number of hydrogen-bond donors (Lipinski definition) is 0. The molecule has 9 nitrogen and oxygen atoms in total. The molecular weight excluding hydrogens is 691 g/mol. The smallest absolute Gasteiger partial charge is 0.164 e. The minimum Gasteiger partial charge on any atom is -0.219 e. The van der Waals surface area contributed by atoms with Crippen LogP contribution in [0.2, 0.25) is 0 Å². The molecule has 0 amide bonds. The molecule has 3 heterocycles. The van der Waals surface area contributed by atoms with Crippen molar-refractivity contribution in [1.29, 1.82) is 0 Å². The third-order valence-corrected chi connectivity index (χ3v) is 9.16. The van der Waals surface area contributed by atoms with Crippen LogP contribution < -0.4 is 0 Å². The van der Waals surface area contributed by atoms with Crippen LogP contribution in [0, 0.1) is 13.8 Å². The van der Waals surface area contributed by atoms with E-state index in [1.54, 1.807) is 0 Å². The Labute approximate surface area is 324 Å². The van der Waals surface area contributed by atoms with Crippen LogP contribution in [0.5, 0.6) is 0 Å². The van der Waals surface area contributed by atoms with E-state index >= 15 is 0 Å². The standard InChI is InChI=1S/C47H33N9/c1-30-48-31(2)50-44(49-30)36-24-15-25-37(26-36)45-52-43(35-22-13-6-14-23-35)55-47(56-45)40-28-38(32-16-7-3-8-17-32)27-39(29-40)46-53-41(33-18-9-4-10-19-33)51-42(54-46)34-20-11-5-12-21-34/h3-29H,1-2H3. The molecule has 0 atom stereocenters. The first-order valence-corrected chi connectivity index (χ1v) is 18.2. The van der Waals surface area contributed by atoms with Gasteiger partial charge in [-0.25, -0.2) is 44.9 Å². The van der Waals surface area contributed by atoms with Crippen molar-refractivity contribution in [2.45, 2.75) is 13.8 Å². The van der Waals surface area contributed by atoms with Gasteiger partial charge in [-0.1, -0.05) is 140 Å². The fraction of sp³-hybridized carbons (Fsp3) is 0.0426. The fourth-order valence-corrected chi connectivity index (χ4v) is 6.51. The molecule has 3 aromatic heterocycles. The molecule has 56 heavy (non-hydrogen) atoms. The lowest BCUT2D eigenvalue weighted by molar-refractivity contribution is 0.928. The Morgan fingerprint density at radius 2 is 0.482 bits per heavy atom. The van der Waals surface area contributed by atoms with E-state index in [1.807, 2.05) is 153 Å². The van der Waals surface area contributed by atoms with Crippen molar-refractivity contribution < 1.29 is 0 Å². The Morgan fingerprint density at radius 3 is 0.875 bits per heavy atom. The highest BCUT2D eigenvalue weighted by Gasteiger charge is 2.18. The molecule has 0 N–H and O–H groups in total. The summed E-state index contributed by atoms with van der Waals surface area (Å²) in [5.74, 6) is 5.18. The van der Waals surface area contributed by atoms with Crippen LogP contribution in [0.25, 0.3) is 90.8 Å². The van der Waals surface area contributed by atoms with E-state index in [1.165, 1.54) is 0 Å². The summed E-state index contributed by atoms with van der Waals surface area (Å²) < 4.78 is 0. The zero-order valence-electron chi connectivity index (χ0n) is 30.6. The molecule has 0 bridgehead atoms. The summed E-state index contributed by atoms with van der Waals surface area (Å²) in [6.45, 7) is 3.73. The minimum atomic E-state index is 0.505. The summed E-state index contributed by atoms with van der Waals surface area (Å²) >= 11 is 0. The highest BCUT2D eigenvalue weighted by Crippen LogP contribution is 2.34. The number of aromatic nitrogens is 9. The van der Waals surface area contributed by atoms with E-state index in [0.717, 1.165) is 50.1 Å². The van der Waals surface area contributed by atoms with Gasteiger partial charge in [0.25, 0.3) is 0 Å². The van der Waals surface area contributed by atoms with Crippen molar-refractivity contribution in [2.75, 3.05) is 0 Å². The van der Waals surface area contributed by atoms with Crippen LogP contribution in [0.1, 0.15) is 11.6 Å². The Bertz CT molecular complexity index is 2740. The highest BCUT2D eigenvalue weighted by molar-refractivity contribution is 5.80. The summed E-state index contributed by atoms with van der Waals surface area (Å²) in [7, 11) is 0. The molecule has 0 unspecified atom stereocenters. The lowest BCUT2D eigenvalue weighted by Gasteiger charge is -2.13. The van der Waals surface area contributed by atoms with E-state index in [9.17, 15) is 0 Å². The largest absolute Gasteiger partial charge is 0.219 e. The quantitative estimate of drug-likeness (QED) is 0.151. The molecule has 9 rings (SSSR count). The van der Waals surface area contributed by atoms with Gasteiger partial charge in [0, 0.05) is 38.9 Å². The third kappa shape index (κ3) is 7.29. The van der Waals surface area contributed by atoms with E-state index in [0.29, 0.717) is 52.4 Å². The molecular formula is C47H33N9. The summed E-state index contributed by atoms with van der Waals surface area (Å²) in [6, 6.07) is 54.4. The second-order valence-corrected chi connectivity index (χ2v) is 13.2. The molecule has 0 spiro atoms. The van der Waals surface area contributed by atoms with Gasteiger partial charge in [-0.15, -0.1) is 0 Å². The Balaban J connectivity index is 1.25. The van der Waals surface area contributed by atoms with E-state index < -0.39 is 0 Å². The average molecular weight is 724 g/mol. The topological polar surface area (TPSA) is 116 Å². The molecule has 0 saturated carbocycles. The zero-order valence-corrected chi connectivity index (χ0v) is 30.6. The molecule has 0 radical (unpaired) electrons. The summed E-state index contributed by atoms with van der Waals surface area (Å²) in [5.41, 5.74) is 7.88. The first-order valence-electron chi connectivity index (χ1n) is 18.2. The summed E-state index contributed by atoms with van der Waals surface area (Å²) in [4.78, 5) is 43.9. The predicted molar refractivity (Wildman–Crippen MR) is 220 cm³/mol. The fourth-order valence-electron chi connectivity index (χ4n) is 6.51. The molecule has 9 heteroatoms. The minimum absolute atomic E-state index is 0.505. The van der Waals surface area contributed by atoms with E-state index in [2.05, 4.69) is 39.2 Å². The maximum Gasteiger partial charge on any atom is 0.164 e. The first kappa shape index (κ1) is 34.1. The third-order valence-electron chi connectivity index (χ3n) is 9.16. The van der Waals surface area contributed by atoms with Gasteiger partial charge in [-0.3, -0.25) is 0 Å². The van der Waals surface area contributed by atoms with Crippen molar-refractivity contribution in [1.82, 2.24) is 44.9 Å². The van der Waals surface area contributed by atoms with Gasteiger partial charge in [0.2, 0.25) is 0 Å². The molecule has 0 saturated heterocycles. The second kappa shape index (κ2) is 15.0. The monoisotopic (exact) mass is 723 g/mol. The second-order valence-electron chi connectivity index (χ2n) is 13.2. The normalized spacial score (nSPS) is 11.0. The maximum absolute atomic E-state index is 5.14. The molecule has 0 aliphatic heterocycles. The van der Waals surface area contributed by atoms with Gasteiger partial charge in [0.05, 0.1) is 0 Å². The molecule has 0 aliphatic carbocycles. The van der Waals surface area contributed by atoms with Gasteiger partial charge < -0.3 is 0 Å². The van der Waals surface area contributed by atoms with Gasteiger partial charge in [0.1, 0.15) is 11.6 Å². The Morgan fingerprint density at radius 1 is 0.214 bits per heavy atom. The average Bonchev–Trinajstić information content (AvgIpc) is 3.27. The van der Waals surface area contributed by atoms with Crippen molar-refractivity contribution >= 4 is 0 Å². The van der Waals surface area contributed by atoms with Gasteiger partial charge in [-0.2, -0.15) is 0 Å². The predicted octanol–water partition coefficient (Wildman–Crippen LogP) is 10.2. The lowest BCUT2D eigenvalue weighted by atomic mass is 9.98. The molecule has 9 aromatic rings.